The minimum atomic E-state index is -3.55. The van der Waals surface area contributed by atoms with Crippen LogP contribution in [0.4, 0.5) is 8.78 Å². The van der Waals surface area contributed by atoms with Gasteiger partial charge in [0.05, 0.1) is 25.3 Å². The van der Waals surface area contributed by atoms with E-state index < -0.39 is 16.7 Å². The third-order valence-electron chi connectivity index (χ3n) is 5.38. The molecular formula is C23H24F2N2O7S. The zero-order valence-corrected chi connectivity index (χ0v) is 19.9. The second kappa shape index (κ2) is 10.2. The van der Waals surface area contributed by atoms with Gasteiger partial charge >= 0.3 is 6.61 Å². The van der Waals surface area contributed by atoms with Gasteiger partial charge in [0.1, 0.15) is 41.7 Å². The maximum Gasteiger partial charge on any atom is 0.387 e. The van der Waals surface area contributed by atoms with Crippen LogP contribution < -0.4 is 14.2 Å². The average molecular weight is 511 g/mol. The molecule has 1 aliphatic carbocycles. The minimum absolute atomic E-state index is 0.00395. The van der Waals surface area contributed by atoms with Crippen molar-refractivity contribution in [2.24, 2.45) is 5.92 Å². The van der Waals surface area contributed by atoms with Crippen molar-refractivity contribution in [2.75, 3.05) is 26.6 Å². The Labute approximate surface area is 200 Å². The first-order valence-corrected chi connectivity index (χ1v) is 12.6. The van der Waals surface area contributed by atoms with Crippen molar-refractivity contribution >= 4 is 21.5 Å². The smallest absolute Gasteiger partial charge is 0.387 e. The Kier molecular flexibility index (Phi) is 7.22. The highest BCUT2D eigenvalue weighted by Gasteiger charge is 2.29. The molecule has 0 aliphatic heterocycles. The van der Waals surface area contributed by atoms with E-state index in [-0.39, 0.29) is 48.4 Å². The maximum absolute atomic E-state index is 13.2. The summed E-state index contributed by atoms with van der Waals surface area (Å²) < 4.78 is 70.4. The fourth-order valence-electron chi connectivity index (χ4n) is 3.66. The molecule has 1 fully saturated rings. The number of hydrogen-bond donors (Lipinski definition) is 0. The molecule has 1 aliphatic rings. The minimum Gasteiger partial charge on any atom is -0.496 e. The van der Waals surface area contributed by atoms with Crippen molar-refractivity contribution < 1.29 is 40.4 Å². The van der Waals surface area contributed by atoms with Gasteiger partial charge in [0.15, 0.2) is 5.78 Å². The van der Waals surface area contributed by atoms with E-state index in [0.717, 1.165) is 19.1 Å². The summed E-state index contributed by atoms with van der Waals surface area (Å²) >= 11 is 0. The van der Waals surface area contributed by atoms with Crippen LogP contribution in [-0.4, -0.2) is 56.8 Å². The van der Waals surface area contributed by atoms with E-state index >= 15 is 0 Å². The Balaban J connectivity index is 1.63. The number of carbonyl (C=O) groups is 1. The molecule has 1 saturated carbocycles. The number of pyridine rings is 1. The molecule has 2 aromatic heterocycles. The predicted octanol–water partition coefficient (Wildman–Crippen LogP) is 3.95. The van der Waals surface area contributed by atoms with Crippen LogP contribution in [0.1, 0.15) is 29.6 Å². The monoisotopic (exact) mass is 510 g/mol. The van der Waals surface area contributed by atoms with Gasteiger partial charge in [0.25, 0.3) is 10.1 Å². The average Bonchev–Trinajstić information content (AvgIpc) is 3.50. The SMILES string of the molecule is COc1cc(-c2cnc3cc(OCCOS(C)(=O)=O)ccn23)cc(OC(F)F)c1C(=O)CC1CC1. The zero-order chi connectivity index (χ0) is 25.2. The largest absolute Gasteiger partial charge is 0.496 e. The quantitative estimate of drug-likeness (QED) is 0.205. The van der Waals surface area contributed by atoms with Crippen molar-refractivity contribution in [1.82, 2.24) is 9.38 Å². The van der Waals surface area contributed by atoms with Gasteiger partial charge in [-0.05, 0) is 37.0 Å². The Morgan fingerprint density at radius 3 is 2.60 bits per heavy atom. The van der Waals surface area contributed by atoms with E-state index in [1.54, 1.807) is 35.0 Å². The van der Waals surface area contributed by atoms with Gasteiger partial charge in [0, 0.05) is 24.2 Å². The molecule has 188 valence electrons. The Hall–Kier alpha value is -3.25. The number of ether oxygens (including phenoxy) is 3. The van der Waals surface area contributed by atoms with E-state index in [9.17, 15) is 22.0 Å². The summed E-state index contributed by atoms with van der Waals surface area (Å²) in [6.45, 7) is -3.24. The molecule has 0 spiro atoms. The summed E-state index contributed by atoms with van der Waals surface area (Å²) in [5, 5.41) is 0. The highest BCUT2D eigenvalue weighted by molar-refractivity contribution is 7.85. The summed E-state index contributed by atoms with van der Waals surface area (Å²) in [6, 6.07) is 6.24. The zero-order valence-electron chi connectivity index (χ0n) is 19.1. The molecular weight excluding hydrogens is 486 g/mol. The molecule has 0 N–H and O–H groups in total. The maximum atomic E-state index is 13.2. The Morgan fingerprint density at radius 1 is 1.20 bits per heavy atom. The third kappa shape index (κ3) is 6.25. The van der Waals surface area contributed by atoms with Crippen LogP contribution in [0.5, 0.6) is 17.2 Å². The summed E-state index contributed by atoms with van der Waals surface area (Å²) in [5.41, 5.74) is 1.50. The summed E-state index contributed by atoms with van der Waals surface area (Å²) in [5.74, 6) is 0.295. The molecule has 0 unspecified atom stereocenters. The van der Waals surface area contributed by atoms with Gasteiger partial charge in [-0.15, -0.1) is 0 Å². The lowest BCUT2D eigenvalue weighted by atomic mass is 10.00. The van der Waals surface area contributed by atoms with Crippen molar-refractivity contribution in [3.8, 4) is 28.5 Å². The topological polar surface area (TPSA) is 105 Å². The van der Waals surface area contributed by atoms with Gasteiger partial charge in [-0.1, -0.05) is 0 Å². The van der Waals surface area contributed by atoms with Crippen molar-refractivity contribution in [3.05, 3.63) is 42.2 Å². The first-order chi connectivity index (χ1) is 16.6. The molecule has 4 rings (SSSR count). The second-order valence-corrected chi connectivity index (χ2v) is 9.75. The molecule has 0 atom stereocenters. The molecule has 9 nitrogen and oxygen atoms in total. The van der Waals surface area contributed by atoms with E-state index in [2.05, 4.69) is 9.17 Å². The lowest BCUT2D eigenvalue weighted by Crippen LogP contribution is -2.11. The first kappa shape index (κ1) is 24.9. The number of fused-ring (bicyclic) bond motifs is 1. The van der Waals surface area contributed by atoms with Crippen LogP contribution in [0.3, 0.4) is 0 Å². The van der Waals surface area contributed by atoms with E-state index in [4.69, 9.17) is 14.2 Å². The van der Waals surface area contributed by atoms with Gasteiger partial charge in [-0.3, -0.25) is 13.4 Å². The molecule has 1 aromatic carbocycles. The normalized spacial score (nSPS) is 13.9. The van der Waals surface area contributed by atoms with Crippen LogP contribution in [-0.2, 0) is 14.3 Å². The number of halogens is 2. The van der Waals surface area contributed by atoms with Gasteiger partial charge in [-0.25, -0.2) is 4.98 Å². The number of benzene rings is 1. The number of rotatable bonds is 12. The van der Waals surface area contributed by atoms with Crippen LogP contribution in [0, 0.1) is 5.92 Å². The molecule has 0 saturated heterocycles. The van der Waals surface area contributed by atoms with Crippen LogP contribution >= 0.6 is 0 Å². The molecule has 0 radical (unpaired) electrons. The molecule has 2 heterocycles. The first-order valence-electron chi connectivity index (χ1n) is 10.8. The number of alkyl halides is 2. The van der Waals surface area contributed by atoms with E-state index in [1.807, 2.05) is 0 Å². The van der Waals surface area contributed by atoms with Crippen LogP contribution in [0.25, 0.3) is 16.9 Å². The third-order valence-corrected chi connectivity index (χ3v) is 5.98. The van der Waals surface area contributed by atoms with Gasteiger partial charge in [-0.2, -0.15) is 17.2 Å². The second-order valence-electron chi connectivity index (χ2n) is 8.11. The van der Waals surface area contributed by atoms with Gasteiger partial charge in [0.2, 0.25) is 0 Å². The summed E-state index contributed by atoms with van der Waals surface area (Å²) in [6.07, 6.45) is 6.29. The van der Waals surface area contributed by atoms with Crippen molar-refractivity contribution in [3.63, 3.8) is 0 Å². The highest BCUT2D eigenvalue weighted by Crippen LogP contribution is 2.40. The highest BCUT2D eigenvalue weighted by atomic mass is 32.2. The number of hydrogen-bond acceptors (Lipinski definition) is 8. The van der Waals surface area contributed by atoms with Crippen LogP contribution in [0.2, 0.25) is 0 Å². The molecule has 12 heteroatoms. The number of Topliss-reactive ketones (excluding diaryl/α,β-unsaturated/α-hetero) is 1. The Morgan fingerprint density at radius 2 is 1.94 bits per heavy atom. The fourth-order valence-corrected chi connectivity index (χ4v) is 4.03. The molecule has 0 amide bonds. The number of carbonyl (C=O) groups excluding carboxylic acids is 1. The predicted molar refractivity (Wildman–Crippen MR) is 122 cm³/mol. The number of imidazole rings is 1. The number of ketones is 1. The number of nitrogens with zero attached hydrogens (tertiary/aromatic N) is 2. The Bertz CT molecular complexity index is 1340. The van der Waals surface area contributed by atoms with E-state index in [0.29, 0.717) is 22.7 Å². The lowest BCUT2D eigenvalue weighted by Gasteiger charge is -2.16. The standard InChI is InChI=1S/C23H24F2N2O7S/c1-31-19-10-15(11-20(34-23(24)25)22(19)18(28)9-14-3-4-14)17-13-26-21-12-16(5-6-27(17)21)32-7-8-33-35(2,29)30/h5-6,10-14,23H,3-4,7-9H2,1-2H3. The molecule has 3 aromatic rings. The molecule has 35 heavy (non-hydrogen) atoms. The molecule has 0 bridgehead atoms. The van der Waals surface area contributed by atoms with Crippen molar-refractivity contribution in [1.29, 1.82) is 0 Å². The number of methoxy groups -OCH3 is 1. The van der Waals surface area contributed by atoms with Crippen LogP contribution in [0.15, 0.2) is 36.7 Å². The van der Waals surface area contributed by atoms with E-state index in [1.165, 1.54) is 13.2 Å². The number of aromatic nitrogens is 2. The lowest BCUT2D eigenvalue weighted by molar-refractivity contribution is -0.0502. The van der Waals surface area contributed by atoms with Gasteiger partial charge < -0.3 is 14.2 Å². The fraction of sp³-hybridized carbons (Fsp3) is 0.391. The summed E-state index contributed by atoms with van der Waals surface area (Å²) in [7, 11) is -2.19. The summed E-state index contributed by atoms with van der Waals surface area (Å²) in [4.78, 5) is 17.1. The van der Waals surface area contributed by atoms with Crippen molar-refractivity contribution in [2.45, 2.75) is 25.9 Å².